The summed E-state index contributed by atoms with van der Waals surface area (Å²) in [6, 6.07) is 10.4. The number of hydrogen-bond acceptors (Lipinski definition) is 3. The van der Waals surface area contributed by atoms with E-state index in [0.717, 1.165) is 11.3 Å². The summed E-state index contributed by atoms with van der Waals surface area (Å²) in [6.07, 6.45) is 1.74. The molecule has 110 valence electrons. The number of nitrogens with zero attached hydrogens (tertiary/aromatic N) is 1. The van der Waals surface area contributed by atoms with E-state index in [4.69, 9.17) is 12.2 Å². The van der Waals surface area contributed by atoms with E-state index in [1.165, 1.54) is 0 Å². The van der Waals surface area contributed by atoms with E-state index >= 15 is 0 Å². The Morgan fingerprint density at radius 2 is 1.86 bits per heavy atom. The van der Waals surface area contributed by atoms with E-state index in [9.17, 15) is 8.78 Å². The van der Waals surface area contributed by atoms with Crippen LogP contribution in [0.5, 0.6) is 0 Å². The standard InChI is InChI=1S/C14H13F2N3S2/c1-9-2-7-12(17-8-9)19-14(20)18-10-3-5-11(6-4-10)21-13(15)16/h2-8,13H,1H3,(H2,17,18,19,20). The molecule has 0 aliphatic carbocycles. The lowest BCUT2D eigenvalue weighted by atomic mass is 10.3. The molecule has 3 nitrogen and oxygen atoms in total. The number of pyridine rings is 1. The van der Waals surface area contributed by atoms with Gasteiger partial charge in [0, 0.05) is 16.8 Å². The van der Waals surface area contributed by atoms with Gasteiger partial charge >= 0.3 is 0 Å². The van der Waals surface area contributed by atoms with Crippen molar-refractivity contribution in [2.45, 2.75) is 17.6 Å². The van der Waals surface area contributed by atoms with Crippen LogP contribution >= 0.6 is 24.0 Å². The van der Waals surface area contributed by atoms with Crippen LogP contribution in [-0.4, -0.2) is 15.9 Å². The van der Waals surface area contributed by atoms with E-state index in [0.29, 0.717) is 27.6 Å². The Morgan fingerprint density at radius 1 is 1.14 bits per heavy atom. The summed E-state index contributed by atoms with van der Waals surface area (Å²) in [6.45, 7) is 1.95. The molecule has 0 saturated heterocycles. The number of hydrogen-bond donors (Lipinski definition) is 2. The van der Waals surface area contributed by atoms with Gasteiger partial charge in [-0.2, -0.15) is 8.78 Å². The fourth-order valence-electron chi connectivity index (χ4n) is 1.54. The summed E-state index contributed by atoms with van der Waals surface area (Å²) in [5, 5.41) is 6.31. The van der Waals surface area contributed by atoms with Crippen LogP contribution in [0.25, 0.3) is 0 Å². The minimum absolute atomic E-state index is 0.389. The van der Waals surface area contributed by atoms with Crippen molar-refractivity contribution >= 4 is 40.6 Å². The number of halogens is 2. The second-order valence-corrected chi connectivity index (χ2v) is 5.67. The minimum Gasteiger partial charge on any atom is -0.332 e. The van der Waals surface area contributed by atoms with Crippen molar-refractivity contribution in [1.82, 2.24) is 4.98 Å². The monoisotopic (exact) mass is 325 g/mol. The fraction of sp³-hybridized carbons (Fsp3) is 0.143. The average molecular weight is 325 g/mol. The van der Waals surface area contributed by atoms with E-state index in [1.807, 2.05) is 19.1 Å². The molecular formula is C14H13F2N3S2. The molecule has 0 radical (unpaired) electrons. The summed E-state index contributed by atoms with van der Waals surface area (Å²) in [7, 11) is 0. The van der Waals surface area contributed by atoms with Gasteiger partial charge in [0.15, 0.2) is 5.11 Å². The molecule has 0 amide bonds. The molecule has 21 heavy (non-hydrogen) atoms. The number of aryl methyl sites for hydroxylation is 1. The molecule has 2 N–H and O–H groups in total. The molecular weight excluding hydrogens is 312 g/mol. The van der Waals surface area contributed by atoms with Crippen molar-refractivity contribution in [3.8, 4) is 0 Å². The molecule has 0 spiro atoms. The highest BCUT2D eigenvalue weighted by molar-refractivity contribution is 7.99. The SMILES string of the molecule is Cc1ccc(NC(=S)Nc2ccc(SC(F)F)cc2)nc1. The second kappa shape index (κ2) is 7.33. The largest absolute Gasteiger partial charge is 0.332 e. The van der Waals surface area contributed by atoms with Crippen LogP contribution in [-0.2, 0) is 0 Å². The Balaban J connectivity index is 1.91. The highest BCUT2D eigenvalue weighted by atomic mass is 32.2. The molecule has 1 aromatic heterocycles. The molecule has 0 atom stereocenters. The van der Waals surface area contributed by atoms with Gasteiger partial charge in [-0.25, -0.2) is 4.98 Å². The smallest absolute Gasteiger partial charge is 0.288 e. The minimum atomic E-state index is -2.42. The van der Waals surface area contributed by atoms with Gasteiger partial charge in [0.2, 0.25) is 0 Å². The van der Waals surface area contributed by atoms with Crippen molar-refractivity contribution in [3.63, 3.8) is 0 Å². The van der Waals surface area contributed by atoms with Crippen molar-refractivity contribution in [2.75, 3.05) is 10.6 Å². The maximum atomic E-state index is 12.2. The zero-order chi connectivity index (χ0) is 15.2. The number of rotatable bonds is 4. The first-order valence-electron chi connectivity index (χ1n) is 6.08. The first-order valence-corrected chi connectivity index (χ1v) is 7.37. The van der Waals surface area contributed by atoms with Crippen LogP contribution in [0.4, 0.5) is 20.3 Å². The Morgan fingerprint density at radius 3 is 2.43 bits per heavy atom. The lowest BCUT2D eigenvalue weighted by Crippen LogP contribution is -2.19. The van der Waals surface area contributed by atoms with E-state index in [-0.39, 0.29) is 0 Å². The topological polar surface area (TPSA) is 37.0 Å². The highest BCUT2D eigenvalue weighted by Crippen LogP contribution is 2.26. The van der Waals surface area contributed by atoms with Gasteiger partial charge in [0.05, 0.1) is 0 Å². The van der Waals surface area contributed by atoms with Crippen LogP contribution in [0.15, 0.2) is 47.5 Å². The number of aromatic nitrogens is 1. The highest BCUT2D eigenvalue weighted by Gasteiger charge is 2.05. The predicted octanol–water partition coefficient (Wildman–Crippen LogP) is 4.51. The van der Waals surface area contributed by atoms with Gasteiger partial charge in [-0.15, -0.1) is 0 Å². The Kier molecular flexibility index (Phi) is 5.46. The van der Waals surface area contributed by atoms with E-state index in [1.54, 1.807) is 30.5 Å². The van der Waals surface area contributed by atoms with Gasteiger partial charge in [-0.1, -0.05) is 17.8 Å². The summed E-state index contributed by atoms with van der Waals surface area (Å²) >= 11 is 5.68. The lowest BCUT2D eigenvalue weighted by Gasteiger charge is -2.10. The number of thioether (sulfide) groups is 1. The molecule has 2 aromatic rings. The Bertz CT molecular complexity index is 601. The van der Waals surface area contributed by atoms with Crippen LogP contribution in [0.2, 0.25) is 0 Å². The van der Waals surface area contributed by atoms with Crippen molar-refractivity contribution in [2.24, 2.45) is 0 Å². The van der Waals surface area contributed by atoms with Crippen LogP contribution in [0, 0.1) is 6.92 Å². The quantitative estimate of drug-likeness (QED) is 0.639. The van der Waals surface area contributed by atoms with Crippen molar-refractivity contribution < 1.29 is 8.78 Å². The zero-order valence-electron chi connectivity index (χ0n) is 11.1. The summed E-state index contributed by atoms with van der Waals surface area (Å²) in [5.41, 5.74) is 1.78. The number of thiocarbonyl (C=S) groups is 1. The third-order valence-corrected chi connectivity index (χ3v) is 3.42. The van der Waals surface area contributed by atoms with Crippen LogP contribution in [0.1, 0.15) is 5.56 Å². The van der Waals surface area contributed by atoms with Gasteiger partial charge in [-0.05, 0) is 55.0 Å². The fourth-order valence-corrected chi connectivity index (χ4v) is 2.26. The molecule has 0 bridgehead atoms. The van der Waals surface area contributed by atoms with Crippen molar-refractivity contribution in [3.05, 3.63) is 48.2 Å². The van der Waals surface area contributed by atoms with E-state index < -0.39 is 5.76 Å². The summed E-state index contributed by atoms with van der Waals surface area (Å²) in [4.78, 5) is 4.69. The molecule has 2 rings (SSSR count). The molecule has 0 aliphatic heterocycles. The Labute approximate surface area is 131 Å². The Hall–Kier alpha value is -1.73. The number of anilines is 2. The summed E-state index contributed by atoms with van der Waals surface area (Å²) < 4.78 is 24.4. The molecule has 0 fully saturated rings. The van der Waals surface area contributed by atoms with Crippen LogP contribution in [0.3, 0.4) is 0 Å². The zero-order valence-corrected chi connectivity index (χ0v) is 12.8. The predicted molar refractivity (Wildman–Crippen MR) is 87.1 cm³/mol. The normalized spacial score (nSPS) is 10.5. The molecule has 0 saturated carbocycles. The molecule has 7 heteroatoms. The third-order valence-electron chi connectivity index (χ3n) is 2.49. The maximum absolute atomic E-state index is 12.2. The molecule has 0 aliphatic rings. The molecule has 1 heterocycles. The van der Waals surface area contributed by atoms with Crippen LogP contribution < -0.4 is 10.6 Å². The number of benzene rings is 1. The first-order chi connectivity index (χ1) is 10.0. The van der Waals surface area contributed by atoms with Crippen molar-refractivity contribution in [1.29, 1.82) is 0 Å². The van der Waals surface area contributed by atoms with Gasteiger partial charge < -0.3 is 10.6 Å². The second-order valence-electron chi connectivity index (χ2n) is 4.20. The summed E-state index contributed by atoms with van der Waals surface area (Å²) in [5.74, 6) is -1.78. The van der Waals surface area contributed by atoms with Gasteiger partial charge in [0.1, 0.15) is 5.82 Å². The third kappa shape index (κ3) is 5.28. The van der Waals surface area contributed by atoms with E-state index in [2.05, 4.69) is 15.6 Å². The average Bonchev–Trinajstić information content (AvgIpc) is 2.43. The maximum Gasteiger partial charge on any atom is 0.288 e. The van der Waals surface area contributed by atoms with Gasteiger partial charge in [-0.3, -0.25) is 0 Å². The first kappa shape index (κ1) is 15.7. The van der Waals surface area contributed by atoms with Gasteiger partial charge in [0.25, 0.3) is 5.76 Å². The number of alkyl halides is 2. The number of nitrogens with one attached hydrogen (secondary N) is 2. The lowest BCUT2D eigenvalue weighted by molar-refractivity contribution is 0.252. The molecule has 1 aromatic carbocycles. The molecule has 0 unspecified atom stereocenters.